The highest BCUT2D eigenvalue weighted by molar-refractivity contribution is 5.33. The molecule has 1 heterocycles. The van der Waals surface area contributed by atoms with E-state index in [2.05, 4.69) is 10.4 Å². The molecular weight excluding hydrogens is 205 g/mol. The fraction of sp³-hybridized carbons (Fsp3) is 0.250. The molecule has 0 fully saturated rings. The van der Waals surface area contributed by atoms with E-state index in [-0.39, 0.29) is 11.9 Å². The Morgan fingerprint density at radius 2 is 2.19 bits per heavy atom. The number of nitrogens with one attached hydrogen (secondary N) is 1. The number of halogens is 1. The summed E-state index contributed by atoms with van der Waals surface area (Å²) < 4.78 is 14.9. The van der Waals surface area contributed by atoms with Crippen LogP contribution in [0.25, 0.3) is 5.69 Å². The highest BCUT2D eigenvalue weighted by atomic mass is 19.1. The second-order valence-electron chi connectivity index (χ2n) is 3.66. The average molecular weight is 219 g/mol. The molecule has 3 nitrogen and oxygen atoms in total. The minimum Gasteiger partial charge on any atom is -0.312 e. The molecule has 2 rings (SSSR count). The lowest BCUT2D eigenvalue weighted by Crippen LogP contribution is -2.16. The number of aromatic nitrogens is 2. The summed E-state index contributed by atoms with van der Waals surface area (Å²) in [5.74, 6) is -0.254. The minimum absolute atomic E-state index is 0.172. The molecule has 0 bridgehead atoms. The molecule has 0 amide bonds. The van der Waals surface area contributed by atoms with E-state index < -0.39 is 0 Å². The Balaban J connectivity index is 2.44. The molecule has 0 radical (unpaired) electrons. The van der Waals surface area contributed by atoms with Gasteiger partial charge in [0.25, 0.3) is 0 Å². The van der Waals surface area contributed by atoms with Gasteiger partial charge in [-0.25, -0.2) is 9.07 Å². The second-order valence-corrected chi connectivity index (χ2v) is 3.66. The monoisotopic (exact) mass is 219 g/mol. The third-order valence-electron chi connectivity index (χ3n) is 2.60. The molecule has 1 unspecified atom stereocenters. The van der Waals surface area contributed by atoms with Gasteiger partial charge in [-0.05, 0) is 38.2 Å². The van der Waals surface area contributed by atoms with Crippen molar-refractivity contribution < 1.29 is 4.39 Å². The van der Waals surface area contributed by atoms with Crippen LogP contribution in [0, 0.1) is 5.82 Å². The maximum Gasteiger partial charge on any atom is 0.125 e. The SMILES string of the molecule is CNC(C)c1ccnn1-c1cccc(F)c1. The third kappa shape index (κ3) is 1.97. The van der Waals surface area contributed by atoms with Crippen molar-refractivity contribution in [2.75, 3.05) is 7.05 Å². The van der Waals surface area contributed by atoms with Gasteiger partial charge < -0.3 is 5.32 Å². The van der Waals surface area contributed by atoms with Crippen molar-refractivity contribution in [1.82, 2.24) is 15.1 Å². The molecule has 1 N–H and O–H groups in total. The van der Waals surface area contributed by atoms with Crippen LogP contribution in [0.3, 0.4) is 0 Å². The second kappa shape index (κ2) is 4.45. The van der Waals surface area contributed by atoms with E-state index in [1.165, 1.54) is 12.1 Å². The summed E-state index contributed by atoms with van der Waals surface area (Å²) in [6.45, 7) is 2.03. The van der Waals surface area contributed by atoms with Crippen LogP contribution in [0.1, 0.15) is 18.7 Å². The predicted molar refractivity (Wildman–Crippen MR) is 61.0 cm³/mol. The Kier molecular flexibility index (Phi) is 3.01. The van der Waals surface area contributed by atoms with E-state index in [0.29, 0.717) is 0 Å². The van der Waals surface area contributed by atoms with Gasteiger partial charge in [0.1, 0.15) is 5.82 Å². The van der Waals surface area contributed by atoms with Crippen molar-refractivity contribution in [2.45, 2.75) is 13.0 Å². The summed E-state index contributed by atoms with van der Waals surface area (Å²) in [5.41, 5.74) is 1.75. The number of benzene rings is 1. The van der Waals surface area contributed by atoms with Crippen molar-refractivity contribution in [2.24, 2.45) is 0 Å². The van der Waals surface area contributed by atoms with Crippen LogP contribution in [0.5, 0.6) is 0 Å². The summed E-state index contributed by atoms with van der Waals surface area (Å²) in [6, 6.07) is 8.51. The van der Waals surface area contributed by atoms with Crippen molar-refractivity contribution >= 4 is 0 Å². The van der Waals surface area contributed by atoms with E-state index in [1.807, 2.05) is 26.1 Å². The lowest BCUT2D eigenvalue weighted by molar-refractivity contribution is 0.599. The van der Waals surface area contributed by atoms with Crippen molar-refractivity contribution in [1.29, 1.82) is 0 Å². The maximum absolute atomic E-state index is 13.1. The molecule has 1 atom stereocenters. The van der Waals surface area contributed by atoms with E-state index in [9.17, 15) is 4.39 Å². The van der Waals surface area contributed by atoms with Gasteiger partial charge in [0, 0.05) is 12.2 Å². The lowest BCUT2D eigenvalue weighted by Gasteiger charge is -2.13. The fourth-order valence-electron chi connectivity index (χ4n) is 1.61. The number of hydrogen-bond donors (Lipinski definition) is 1. The van der Waals surface area contributed by atoms with Crippen LogP contribution in [0.2, 0.25) is 0 Å². The molecule has 1 aromatic heterocycles. The van der Waals surface area contributed by atoms with Gasteiger partial charge in [0.05, 0.1) is 11.4 Å². The van der Waals surface area contributed by atoms with Gasteiger partial charge >= 0.3 is 0 Å². The Morgan fingerprint density at radius 1 is 1.38 bits per heavy atom. The van der Waals surface area contributed by atoms with Gasteiger partial charge in [-0.1, -0.05) is 6.07 Å². The quantitative estimate of drug-likeness (QED) is 0.858. The molecule has 1 aromatic carbocycles. The van der Waals surface area contributed by atoms with Gasteiger partial charge in [-0.2, -0.15) is 5.10 Å². The van der Waals surface area contributed by atoms with Gasteiger partial charge in [0.15, 0.2) is 0 Å². The minimum atomic E-state index is -0.254. The topological polar surface area (TPSA) is 29.9 Å². The Labute approximate surface area is 93.9 Å². The first-order valence-electron chi connectivity index (χ1n) is 5.19. The Hall–Kier alpha value is -1.68. The molecule has 0 saturated carbocycles. The molecule has 0 aliphatic carbocycles. The number of hydrogen-bond acceptors (Lipinski definition) is 2. The molecule has 0 aliphatic rings. The Bertz CT molecular complexity index is 479. The first-order valence-corrected chi connectivity index (χ1v) is 5.19. The van der Waals surface area contributed by atoms with Crippen LogP contribution in [0.15, 0.2) is 36.5 Å². The summed E-state index contributed by atoms with van der Waals surface area (Å²) in [7, 11) is 1.88. The number of nitrogens with zero attached hydrogens (tertiary/aromatic N) is 2. The maximum atomic E-state index is 13.1. The molecule has 84 valence electrons. The summed E-state index contributed by atoms with van der Waals surface area (Å²) in [4.78, 5) is 0. The van der Waals surface area contributed by atoms with Crippen LogP contribution in [-0.4, -0.2) is 16.8 Å². The smallest absolute Gasteiger partial charge is 0.125 e. The first-order chi connectivity index (χ1) is 7.72. The predicted octanol–water partition coefficient (Wildman–Crippen LogP) is 2.29. The highest BCUT2D eigenvalue weighted by Crippen LogP contribution is 2.17. The molecular formula is C12H14FN3. The molecule has 2 aromatic rings. The van der Waals surface area contributed by atoms with Crippen LogP contribution in [-0.2, 0) is 0 Å². The molecule has 0 spiro atoms. The zero-order valence-electron chi connectivity index (χ0n) is 9.31. The third-order valence-corrected chi connectivity index (χ3v) is 2.60. The van der Waals surface area contributed by atoms with Crippen molar-refractivity contribution in [3.63, 3.8) is 0 Å². The largest absolute Gasteiger partial charge is 0.312 e. The highest BCUT2D eigenvalue weighted by Gasteiger charge is 2.10. The standard InChI is InChI=1S/C12H14FN3/c1-9(14-2)12-6-7-15-16(12)11-5-3-4-10(13)8-11/h3-9,14H,1-2H3. The van der Waals surface area contributed by atoms with Crippen LogP contribution < -0.4 is 5.32 Å². The average Bonchev–Trinajstić information content (AvgIpc) is 2.77. The van der Waals surface area contributed by atoms with Gasteiger partial charge in [-0.3, -0.25) is 0 Å². The van der Waals surface area contributed by atoms with Crippen LogP contribution >= 0.6 is 0 Å². The van der Waals surface area contributed by atoms with E-state index in [4.69, 9.17) is 0 Å². The molecule has 16 heavy (non-hydrogen) atoms. The van der Waals surface area contributed by atoms with Gasteiger partial charge in [-0.15, -0.1) is 0 Å². The van der Waals surface area contributed by atoms with E-state index in [0.717, 1.165) is 11.4 Å². The van der Waals surface area contributed by atoms with E-state index >= 15 is 0 Å². The zero-order chi connectivity index (χ0) is 11.5. The lowest BCUT2D eigenvalue weighted by atomic mass is 10.2. The van der Waals surface area contributed by atoms with Crippen LogP contribution in [0.4, 0.5) is 4.39 Å². The fourth-order valence-corrected chi connectivity index (χ4v) is 1.61. The zero-order valence-corrected chi connectivity index (χ0v) is 9.31. The van der Waals surface area contributed by atoms with E-state index in [1.54, 1.807) is 16.9 Å². The first kappa shape index (κ1) is 10.8. The number of rotatable bonds is 3. The molecule has 0 saturated heterocycles. The Morgan fingerprint density at radius 3 is 2.88 bits per heavy atom. The summed E-state index contributed by atoms with van der Waals surface area (Å²) >= 11 is 0. The van der Waals surface area contributed by atoms with Gasteiger partial charge in [0.2, 0.25) is 0 Å². The molecule has 0 aliphatic heterocycles. The van der Waals surface area contributed by atoms with Crippen molar-refractivity contribution in [3.05, 3.63) is 48.0 Å². The molecule has 4 heteroatoms. The summed E-state index contributed by atoms with van der Waals surface area (Å²) in [5, 5.41) is 7.34. The van der Waals surface area contributed by atoms with Crippen molar-refractivity contribution in [3.8, 4) is 5.69 Å². The summed E-state index contributed by atoms with van der Waals surface area (Å²) in [6.07, 6.45) is 1.72. The normalized spacial score (nSPS) is 12.7.